The lowest BCUT2D eigenvalue weighted by Gasteiger charge is -1.91. The lowest BCUT2D eigenvalue weighted by Crippen LogP contribution is -1.92. The van der Waals surface area contributed by atoms with E-state index in [9.17, 15) is 18.9 Å². The Bertz CT molecular complexity index is 306. The van der Waals surface area contributed by atoms with Gasteiger partial charge in [-0.2, -0.15) is 17.9 Å². The first-order valence-electron chi connectivity index (χ1n) is 2.70. The van der Waals surface area contributed by atoms with Crippen molar-refractivity contribution in [2.24, 2.45) is 0 Å². The Kier molecular flexibility index (Phi) is 3.62. The zero-order chi connectivity index (χ0) is 8.43. The smallest absolute Gasteiger partial charge is 0.258 e. The first-order chi connectivity index (χ1) is 5.11. The number of nitro benzene ring substituents is 1. The van der Waals surface area contributed by atoms with Gasteiger partial charge in [0.25, 0.3) is 0 Å². The molecular weight excluding hydrogens is 188 g/mol. The van der Waals surface area contributed by atoms with Crippen molar-refractivity contribution in [1.82, 2.24) is 0 Å². The van der Waals surface area contributed by atoms with Crippen LogP contribution in [0.2, 0.25) is 0 Å². The van der Waals surface area contributed by atoms with Crippen molar-refractivity contribution >= 4 is 19.2 Å². The summed E-state index contributed by atoms with van der Waals surface area (Å²) >= 11 is 0. The lowest BCUT2D eigenvalue weighted by molar-refractivity contribution is -0.387. The summed E-state index contributed by atoms with van der Waals surface area (Å²) in [6, 6.07) is 2.09. The molecule has 6 heteroatoms. The summed E-state index contributed by atoms with van der Waals surface area (Å²) in [4.78, 5) is 9.07. The van der Waals surface area contributed by atoms with E-state index in [1.54, 1.807) is 0 Å². The Balaban J connectivity index is 0.00000121. The lowest BCUT2D eigenvalue weighted by atomic mass is 10.3. The molecule has 0 saturated heterocycles. The van der Waals surface area contributed by atoms with E-state index in [0.717, 1.165) is 12.1 Å². The highest BCUT2D eigenvalue weighted by molar-refractivity contribution is 7.59. The molecule has 0 aliphatic rings. The first kappa shape index (κ1) is 10.8. The third-order valence-electron chi connectivity index (χ3n) is 1.11. The summed E-state index contributed by atoms with van der Waals surface area (Å²) in [5, 5.41) is 9.98. The van der Waals surface area contributed by atoms with E-state index in [-0.39, 0.29) is 13.5 Å². The van der Waals surface area contributed by atoms with Gasteiger partial charge in [-0.3, -0.25) is 10.1 Å². The average molecular weight is 193 g/mol. The summed E-state index contributed by atoms with van der Waals surface area (Å²) in [6.07, 6.45) is 0. The Morgan fingerprint density at radius 3 is 2.33 bits per heavy atom. The predicted octanol–water partition coefficient (Wildman–Crippen LogP) is 1.99. The van der Waals surface area contributed by atoms with E-state index in [1.165, 1.54) is 0 Å². The Hall–Kier alpha value is -1.17. The van der Waals surface area contributed by atoms with E-state index in [4.69, 9.17) is 0 Å². The molecule has 0 aromatic heterocycles. The standard InChI is InChI=1S/C6H3F2NO2.H2S/c7-4-1-2-6(9(10)11)5(8)3-4;/h1-3H;1H2. The SMILES string of the molecule is O=[N+]([O-])c1ccc(F)cc1F.S. The zero-order valence-electron chi connectivity index (χ0n) is 5.75. The fraction of sp³-hybridized carbons (Fsp3) is 0. The molecule has 0 atom stereocenters. The number of hydrogen-bond donors (Lipinski definition) is 0. The number of nitro groups is 1. The molecule has 1 aromatic rings. The minimum absolute atomic E-state index is 0. The molecule has 1 aromatic carbocycles. The minimum atomic E-state index is -1.16. The fourth-order valence-electron chi connectivity index (χ4n) is 0.629. The van der Waals surface area contributed by atoms with Gasteiger partial charge in [0.2, 0.25) is 5.82 Å². The molecule has 0 bridgehead atoms. The quantitative estimate of drug-likeness (QED) is 0.505. The number of halogens is 2. The molecule has 0 unspecified atom stereocenters. The Morgan fingerprint density at radius 2 is 1.92 bits per heavy atom. The Labute approximate surface area is 73.6 Å². The number of rotatable bonds is 1. The van der Waals surface area contributed by atoms with Gasteiger partial charge < -0.3 is 0 Å². The molecule has 0 aliphatic carbocycles. The van der Waals surface area contributed by atoms with Gasteiger partial charge in [-0.15, -0.1) is 0 Å². The van der Waals surface area contributed by atoms with Crippen LogP contribution in [0.15, 0.2) is 18.2 Å². The largest absolute Gasteiger partial charge is 0.304 e. The summed E-state index contributed by atoms with van der Waals surface area (Å²) in [5.74, 6) is -1.98. The predicted molar refractivity (Wildman–Crippen MR) is 43.4 cm³/mol. The first-order valence-corrected chi connectivity index (χ1v) is 2.70. The molecule has 0 saturated carbocycles. The van der Waals surface area contributed by atoms with E-state index in [0.29, 0.717) is 6.07 Å². The molecule has 0 heterocycles. The second-order valence-corrected chi connectivity index (χ2v) is 1.85. The van der Waals surface area contributed by atoms with Gasteiger partial charge in [0.15, 0.2) is 0 Å². The van der Waals surface area contributed by atoms with E-state index >= 15 is 0 Å². The molecule has 0 spiro atoms. The van der Waals surface area contributed by atoms with Crippen LogP contribution < -0.4 is 0 Å². The van der Waals surface area contributed by atoms with Crippen LogP contribution in [0.5, 0.6) is 0 Å². The van der Waals surface area contributed by atoms with Gasteiger partial charge >= 0.3 is 5.69 Å². The van der Waals surface area contributed by atoms with Crippen LogP contribution in [-0.4, -0.2) is 4.92 Å². The van der Waals surface area contributed by atoms with Gasteiger partial charge in [-0.1, -0.05) is 0 Å². The van der Waals surface area contributed by atoms with Crippen LogP contribution in [0, 0.1) is 21.7 Å². The van der Waals surface area contributed by atoms with Gasteiger partial charge in [0.05, 0.1) is 4.92 Å². The number of nitrogens with zero attached hydrogens (tertiary/aromatic N) is 1. The van der Waals surface area contributed by atoms with E-state index < -0.39 is 22.2 Å². The molecular formula is C6H5F2NO2S. The highest BCUT2D eigenvalue weighted by Gasteiger charge is 2.12. The van der Waals surface area contributed by atoms with Gasteiger partial charge in [-0.05, 0) is 6.07 Å². The normalized spacial score (nSPS) is 8.83. The van der Waals surface area contributed by atoms with Crippen LogP contribution in [0.3, 0.4) is 0 Å². The van der Waals surface area contributed by atoms with Crippen LogP contribution in [-0.2, 0) is 0 Å². The average Bonchev–Trinajstić information content (AvgIpc) is 1.85. The Morgan fingerprint density at radius 1 is 1.33 bits per heavy atom. The number of benzene rings is 1. The van der Waals surface area contributed by atoms with E-state index in [1.807, 2.05) is 0 Å². The van der Waals surface area contributed by atoms with Gasteiger partial charge in [-0.25, -0.2) is 4.39 Å². The zero-order valence-corrected chi connectivity index (χ0v) is 6.75. The second-order valence-electron chi connectivity index (χ2n) is 1.85. The summed E-state index contributed by atoms with van der Waals surface area (Å²) in [7, 11) is 0. The second kappa shape index (κ2) is 4.01. The summed E-state index contributed by atoms with van der Waals surface area (Å²) in [6.45, 7) is 0. The highest BCUT2D eigenvalue weighted by atomic mass is 32.1. The van der Waals surface area contributed by atoms with Crippen molar-refractivity contribution in [3.63, 3.8) is 0 Å². The van der Waals surface area contributed by atoms with Crippen molar-refractivity contribution in [2.75, 3.05) is 0 Å². The van der Waals surface area contributed by atoms with Crippen molar-refractivity contribution < 1.29 is 13.7 Å². The molecule has 0 aliphatic heterocycles. The summed E-state index contributed by atoms with van der Waals surface area (Å²) in [5.41, 5.74) is -0.716. The third-order valence-corrected chi connectivity index (χ3v) is 1.11. The molecule has 3 nitrogen and oxygen atoms in total. The van der Waals surface area contributed by atoms with Crippen molar-refractivity contribution in [1.29, 1.82) is 0 Å². The third kappa shape index (κ3) is 2.16. The molecule has 0 radical (unpaired) electrons. The van der Waals surface area contributed by atoms with Crippen LogP contribution >= 0.6 is 13.5 Å². The van der Waals surface area contributed by atoms with Crippen LogP contribution in [0.4, 0.5) is 14.5 Å². The molecule has 0 amide bonds. The van der Waals surface area contributed by atoms with Crippen molar-refractivity contribution in [3.8, 4) is 0 Å². The maximum atomic E-state index is 12.4. The maximum absolute atomic E-state index is 12.4. The monoisotopic (exact) mass is 193 g/mol. The number of hydrogen-bond acceptors (Lipinski definition) is 2. The molecule has 1 rings (SSSR count). The van der Waals surface area contributed by atoms with Crippen LogP contribution in [0.1, 0.15) is 0 Å². The van der Waals surface area contributed by atoms with Crippen molar-refractivity contribution in [3.05, 3.63) is 39.9 Å². The van der Waals surface area contributed by atoms with Crippen LogP contribution in [0.25, 0.3) is 0 Å². The molecule has 66 valence electrons. The minimum Gasteiger partial charge on any atom is -0.258 e. The van der Waals surface area contributed by atoms with Gasteiger partial charge in [0, 0.05) is 12.1 Å². The molecule has 12 heavy (non-hydrogen) atoms. The fourth-order valence-corrected chi connectivity index (χ4v) is 0.629. The highest BCUT2D eigenvalue weighted by Crippen LogP contribution is 2.16. The van der Waals surface area contributed by atoms with E-state index in [2.05, 4.69) is 0 Å². The van der Waals surface area contributed by atoms with Gasteiger partial charge in [0.1, 0.15) is 5.82 Å². The topological polar surface area (TPSA) is 43.1 Å². The molecule has 0 fully saturated rings. The molecule has 0 N–H and O–H groups in total. The summed E-state index contributed by atoms with van der Waals surface area (Å²) < 4.78 is 24.6. The van der Waals surface area contributed by atoms with Crippen molar-refractivity contribution in [2.45, 2.75) is 0 Å². The maximum Gasteiger partial charge on any atom is 0.304 e.